The van der Waals surface area contributed by atoms with Crippen molar-refractivity contribution in [2.45, 2.75) is 11.4 Å². The van der Waals surface area contributed by atoms with Gasteiger partial charge >= 0.3 is 5.97 Å². The Labute approximate surface area is 127 Å². The number of nitrogens with zero attached hydrogens (tertiary/aromatic N) is 1. The van der Waals surface area contributed by atoms with Crippen LogP contribution in [0, 0.1) is 0 Å². The van der Waals surface area contributed by atoms with E-state index in [9.17, 15) is 9.59 Å². The molecule has 3 rings (SSSR count). The van der Waals surface area contributed by atoms with Crippen molar-refractivity contribution < 1.29 is 14.3 Å². The molecule has 0 fully saturated rings. The maximum absolute atomic E-state index is 12.4. The summed E-state index contributed by atoms with van der Waals surface area (Å²) in [6.07, 6.45) is 0. The van der Waals surface area contributed by atoms with Gasteiger partial charge in [0, 0.05) is 16.1 Å². The summed E-state index contributed by atoms with van der Waals surface area (Å²) < 4.78 is 4.66. The van der Waals surface area contributed by atoms with Crippen LogP contribution in [0.5, 0.6) is 0 Å². The molecule has 0 aromatic heterocycles. The van der Waals surface area contributed by atoms with Crippen LogP contribution in [0.2, 0.25) is 0 Å². The molecule has 1 aliphatic rings. The van der Waals surface area contributed by atoms with Gasteiger partial charge in [-0.3, -0.25) is 4.79 Å². The third-order valence-corrected chi connectivity index (χ3v) is 3.96. The first-order valence-corrected chi connectivity index (χ1v) is 6.87. The van der Waals surface area contributed by atoms with E-state index < -0.39 is 5.97 Å². The highest BCUT2D eigenvalue weighted by Gasteiger charge is 2.29. The van der Waals surface area contributed by atoms with Gasteiger partial charge in [-0.05, 0) is 42.0 Å². The normalized spacial score (nSPS) is 13.2. The molecule has 106 valence electrons. The zero-order valence-electron chi connectivity index (χ0n) is 11.4. The third kappa shape index (κ3) is 2.29. The molecule has 1 amide bonds. The molecule has 0 bridgehead atoms. The summed E-state index contributed by atoms with van der Waals surface area (Å²) in [5, 5.41) is 0. The molecule has 0 radical (unpaired) electrons. The molecule has 0 saturated heterocycles. The summed E-state index contributed by atoms with van der Waals surface area (Å²) in [6, 6.07) is 12.3. The van der Waals surface area contributed by atoms with Crippen molar-refractivity contribution >= 4 is 30.2 Å². The quantitative estimate of drug-likeness (QED) is 0.685. The molecule has 0 aliphatic carbocycles. The molecule has 2 aromatic rings. The average Bonchev–Trinajstić information content (AvgIpc) is 2.85. The highest BCUT2D eigenvalue weighted by molar-refractivity contribution is 7.80. The predicted molar refractivity (Wildman–Crippen MR) is 82.0 cm³/mol. The number of esters is 1. The van der Waals surface area contributed by atoms with Gasteiger partial charge in [0.05, 0.1) is 19.2 Å². The molecule has 1 heterocycles. The van der Waals surface area contributed by atoms with Crippen LogP contribution >= 0.6 is 12.6 Å². The van der Waals surface area contributed by atoms with Crippen molar-refractivity contribution in [3.63, 3.8) is 0 Å². The number of carbonyl (C=O) groups is 2. The van der Waals surface area contributed by atoms with E-state index in [1.54, 1.807) is 35.2 Å². The number of hydrogen-bond donors (Lipinski definition) is 1. The first-order chi connectivity index (χ1) is 10.1. The van der Waals surface area contributed by atoms with Crippen molar-refractivity contribution in [1.82, 2.24) is 0 Å². The minimum atomic E-state index is -0.393. The van der Waals surface area contributed by atoms with Crippen LogP contribution in [0.1, 0.15) is 26.3 Å². The lowest BCUT2D eigenvalue weighted by atomic mass is 10.1. The van der Waals surface area contributed by atoms with Gasteiger partial charge in [0.25, 0.3) is 5.91 Å². The second-order valence-corrected chi connectivity index (χ2v) is 5.21. The average molecular weight is 299 g/mol. The number of rotatable bonds is 2. The first-order valence-electron chi connectivity index (χ1n) is 6.43. The molecule has 0 atom stereocenters. The minimum Gasteiger partial charge on any atom is -0.465 e. The number of ether oxygens (including phenoxy) is 1. The van der Waals surface area contributed by atoms with Gasteiger partial charge in [-0.25, -0.2) is 4.79 Å². The molecular formula is C16H13NO3S. The number of amides is 1. The van der Waals surface area contributed by atoms with Gasteiger partial charge in [-0.2, -0.15) is 0 Å². The Bertz CT molecular complexity index is 725. The van der Waals surface area contributed by atoms with Gasteiger partial charge in [0.15, 0.2) is 0 Å². The van der Waals surface area contributed by atoms with Gasteiger partial charge in [0.2, 0.25) is 0 Å². The van der Waals surface area contributed by atoms with Crippen LogP contribution < -0.4 is 4.90 Å². The number of benzene rings is 2. The summed E-state index contributed by atoms with van der Waals surface area (Å²) in [7, 11) is 1.34. The lowest BCUT2D eigenvalue weighted by Crippen LogP contribution is -2.23. The van der Waals surface area contributed by atoms with Gasteiger partial charge in [0.1, 0.15) is 0 Å². The molecule has 0 saturated carbocycles. The maximum atomic E-state index is 12.4. The Hall–Kier alpha value is -2.27. The molecule has 5 heteroatoms. The Morgan fingerprint density at radius 1 is 1.19 bits per heavy atom. The highest BCUT2D eigenvalue weighted by atomic mass is 32.1. The van der Waals surface area contributed by atoms with Crippen molar-refractivity contribution in [3.05, 3.63) is 59.2 Å². The van der Waals surface area contributed by atoms with Crippen LogP contribution in [0.25, 0.3) is 0 Å². The SMILES string of the molecule is COC(=O)c1ccc(N2Cc3c(S)cccc3C2=O)cc1. The highest BCUT2D eigenvalue weighted by Crippen LogP contribution is 2.31. The fraction of sp³-hybridized carbons (Fsp3) is 0.125. The number of fused-ring (bicyclic) bond motifs is 1. The van der Waals surface area contributed by atoms with Crippen molar-refractivity contribution in [1.29, 1.82) is 0 Å². The van der Waals surface area contributed by atoms with Crippen LogP contribution in [0.15, 0.2) is 47.4 Å². The lowest BCUT2D eigenvalue weighted by Gasteiger charge is -2.16. The Morgan fingerprint density at radius 2 is 1.90 bits per heavy atom. The second-order valence-electron chi connectivity index (χ2n) is 4.73. The summed E-state index contributed by atoms with van der Waals surface area (Å²) >= 11 is 4.40. The van der Waals surface area contributed by atoms with E-state index in [4.69, 9.17) is 0 Å². The van der Waals surface area contributed by atoms with Gasteiger partial charge in [-0.15, -0.1) is 12.6 Å². The molecule has 0 N–H and O–H groups in total. The van der Waals surface area contributed by atoms with Crippen molar-refractivity contribution in [2.24, 2.45) is 0 Å². The largest absolute Gasteiger partial charge is 0.465 e. The summed E-state index contributed by atoms with van der Waals surface area (Å²) in [5.74, 6) is -0.443. The number of anilines is 1. The predicted octanol–water partition coefficient (Wildman–Crippen LogP) is 2.92. The number of carbonyl (C=O) groups excluding carboxylic acids is 2. The zero-order valence-corrected chi connectivity index (χ0v) is 12.3. The van der Waals surface area contributed by atoms with E-state index in [-0.39, 0.29) is 5.91 Å². The van der Waals surface area contributed by atoms with E-state index in [0.29, 0.717) is 17.7 Å². The summed E-state index contributed by atoms with van der Waals surface area (Å²) in [4.78, 5) is 26.3. The van der Waals surface area contributed by atoms with E-state index in [1.807, 2.05) is 12.1 Å². The molecular weight excluding hydrogens is 286 g/mol. The van der Waals surface area contributed by atoms with Crippen molar-refractivity contribution in [3.8, 4) is 0 Å². The van der Waals surface area contributed by atoms with Crippen LogP contribution in [-0.4, -0.2) is 19.0 Å². The fourth-order valence-electron chi connectivity index (χ4n) is 2.42. The van der Waals surface area contributed by atoms with E-state index >= 15 is 0 Å². The van der Waals surface area contributed by atoms with E-state index in [2.05, 4.69) is 17.4 Å². The summed E-state index contributed by atoms with van der Waals surface area (Å²) in [6.45, 7) is 0.491. The van der Waals surface area contributed by atoms with Crippen LogP contribution in [0.4, 0.5) is 5.69 Å². The first kappa shape index (κ1) is 13.7. The van der Waals surface area contributed by atoms with E-state index in [0.717, 1.165) is 16.1 Å². The standard InChI is InChI=1S/C16H13NO3S/c1-20-16(19)10-5-7-11(8-6-10)17-9-13-12(15(17)18)3-2-4-14(13)21/h2-8,21H,9H2,1H3. The Kier molecular flexibility index (Phi) is 3.43. The van der Waals surface area contributed by atoms with Crippen molar-refractivity contribution in [2.75, 3.05) is 12.0 Å². The molecule has 0 spiro atoms. The second kappa shape index (κ2) is 5.26. The molecule has 2 aromatic carbocycles. The Balaban J connectivity index is 1.91. The van der Waals surface area contributed by atoms with Crippen LogP contribution in [0.3, 0.4) is 0 Å². The third-order valence-electron chi connectivity index (χ3n) is 3.54. The topological polar surface area (TPSA) is 46.6 Å². The number of hydrogen-bond acceptors (Lipinski definition) is 4. The minimum absolute atomic E-state index is 0.0493. The number of thiol groups is 1. The zero-order chi connectivity index (χ0) is 15.0. The van der Waals surface area contributed by atoms with Gasteiger partial charge < -0.3 is 9.64 Å². The summed E-state index contributed by atoms with van der Waals surface area (Å²) in [5.41, 5.74) is 2.82. The van der Waals surface area contributed by atoms with E-state index in [1.165, 1.54) is 7.11 Å². The molecule has 1 aliphatic heterocycles. The smallest absolute Gasteiger partial charge is 0.337 e. The fourth-order valence-corrected chi connectivity index (χ4v) is 2.70. The van der Waals surface area contributed by atoms with Crippen LogP contribution in [-0.2, 0) is 11.3 Å². The molecule has 21 heavy (non-hydrogen) atoms. The lowest BCUT2D eigenvalue weighted by molar-refractivity contribution is 0.0600. The van der Waals surface area contributed by atoms with Gasteiger partial charge in [-0.1, -0.05) is 6.07 Å². The Morgan fingerprint density at radius 3 is 2.52 bits per heavy atom. The molecule has 4 nitrogen and oxygen atoms in total. The molecule has 0 unspecified atom stereocenters. The number of methoxy groups -OCH3 is 1. The maximum Gasteiger partial charge on any atom is 0.337 e. The monoisotopic (exact) mass is 299 g/mol.